The van der Waals surface area contributed by atoms with Crippen molar-refractivity contribution in [3.63, 3.8) is 0 Å². The monoisotopic (exact) mass is 259 g/mol. The molecule has 2 N–H and O–H groups in total. The lowest BCUT2D eigenvalue weighted by atomic mass is 9.80. The van der Waals surface area contributed by atoms with Gasteiger partial charge in [-0.1, -0.05) is 0 Å². The van der Waals surface area contributed by atoms with Gasteiger partial charge in [-0.25, -0.2) is 8.78 Å². The number of aliphatic hydroxyl groups is 1. The van der Waals surface area contributed by atoms with Crippen LogP contribution in [0, 0.1) is 0 Å². The van der Waals surface area contributed by atoms with Gasteiger partial charge in [0.25, 0.3) is 0 Å². The SMILES string of the molecule is O[B]C(F)(F)C(F)(F)C(F)(F)C(F)(F)CO. The number of hydrogen-bond donors (Lipinski definition) is 2. The van der Waals surface area contributed by atoms with E-state index in [0.717, 1.165) is 0 Å². The Morgan fingerprint density at radius 2 is 1.19 bits per heavy atom. The molecule has 1 radical (unpaired) electrons. The van der Waals surface area contributed by atoms with Crippen LogP contribution in [0.15, 0.2) is 0 Å². The molecule has 0 aromatic rings. The van der Waals surface area contributed by atoms with Crippen LogP contribution in [0.1, 0.15) is 0 Å². The summed E-state index contributed by atoms with van der Waals surface area (Å²) in [6, 6.07) is 0. The molecule has 0 aromatic carbocycles. The van der Waals surface area contributed by atoms with E-state index >= 15 is 0 Å². The summed E-state index contributed by atoms with van der Waals surface area (Å²) in [6.07, 6.45) is 0. The summed E-state index contributed by atoms with van der Waals surface area (Å²) in [5, 5.41) is 15.4. The Balaban J connectivity index is 5.46. The molecule has 0 spiro atoms. The minimum absolute atomic E-state index is 1.62. The maximum absolute atomic E-state index is 12.4. The third-order valence-corrected chi connectivity index (χ3v) is 1.63. The van der Waals surface area contributed by atoms with Crippen molar-refractivity contribution in [3.8, 4) is 0 Å². The van der Waals surface area contributed by atoms with Crippen LogP contribution in [0.2, 0.25) is 0 Å². The third kappa shape index (κ3) is 1.97. The zero-order valence-electron chi connectivity index (χ0n) is 7.20. The van der Waals surface area contributed by atoms with Gasteiger partial charge >= 0.3 is 31.1 Å². The van der Waals surface area contributed by atoms with Crippen molar-refractivity contribution in [2.24, 2.45) is 0 Å². The molecule has 11 heteroatoms. The van der Waals surface area contributed by atoms with E-state index in [1.807, 2.05) is 0 Å². The first-order chi connectivity index (χ1) is 6.87. The molecule has 0 aliphatic heterocycles. The first-order valence-electron chi connectivity index (χ1n) is 3.48. The van der Waals surface area contributed by atoms with Crippen LogP contribution >= 0.6 is 0 Å². The van der Waals surface area contributed by atoms with Gasteiger partial charge in [-0.15, -0.1) is 0 Å². The van der Waals surface area contributed by atoms with Gasteiger partial charge in [0.05, 0.1) is 0 Å². The highest BCUT2D eigenvalue weighted by Gasteiger charge is 2.80. The van der Waals surface area contributed by atoms with Crippen molar-refractivity contribution in [3.05, 3.63) is 0 Å². The number of rotatable bonds is 5. The molecule has 0 amide bonds. The predicted molar refractivity (Wildman–Crippen MR) is 34.8 cm³/mol. The molecular formula is C5H4BF8O2. The fourth-order valence-corrected chi connectivity index (χ4v) is 0.619. The number of alkyl halides is 8. The van der Waals surface area contributed by atoms with E-state index in [0.29, 0.717) is 0 Å². The van der Waals surface area contributed by atoms with Gasteiger partial charge in [0.15, 0.2) is 0 Å². The van der Waals surface area contributed by atoms with Crippen molar-refractivity contribution < 1.29 is 45.3 Å². The fraction of sp³-hybridized carbons (Fsp3) is 1.00. The minimum atomic E-state index is -6.55. The van der Waals surface area contributed by atoms with Gasteiger partial charge in [0.1, 0.15) is 6.61 Å². The van der Waals surface area contributed by atoms with Crippen LogP contribution in [0.3, 0.4) is 0 Å². The summed E-state index contributed by atoms with van der Waals surface area (Å²) < 4.78 is 98.2. The Labute approximate surface area is 84.1 Å². The van der Waals surface area contributed by atoms with Crippen molar-refractivity contribution >= 4 is 7.48 Å². The Morgan fingerprint density at radius 1 is 0.812 bits per heavy atom. The van der Waals surface area contributed by atoms with Gasteiger partial charge < -0.3 is 10.1 Å². The Morgan fingerprint density at radius 3 is 1.44 bits per heavy atom. The molecule has 0 aliphatic carbocycles. The Bertz CT molecular complexity index is 229. The Kier molecular flexibility index (Phi) is 3.88. The van der Waals surface area contributed by atoms with E-state index in [9.17, 15) is 35.1 Å². The Hall–Kier alpha value is -0.575. The van der Waals surface area contributed by atoms with E-state index < -0.39 is 37.7 Å². The zero-order valence-corrected chi connectivity index (χ0v) is 7.20. The second kappa shape index (κ2) is 4.02. The van der Waals surface area contributed by atoms with Gasteiger partial charge in [-0.05, 0) is 0 Å². The molecule has 0 aromatic heterocycles. The summed E-state index contributed by atoms with van der Waals surface area (Å²) in [5.74, 6) is -24.7. The lowest BCUT2D eigenvalue weighted by Crippen LogP contribution is -2.64. The largest absolute Gasteiger partial charge is 0.449 e. The lowest BCUT2D eigenvalue weighted by Gasteiger charge is -2.35. The van der Waals surface area contributed by atoms with Gasteiger partial charge in [0, 0.05) is 0 Å². The summed E-state index contributed by atoms with van der Waals surface area (Å²) >= 11 is 0. The molecule has 95 valence electrons. The van der Waals surface area contributed by atoms with E-state index in [-0.39, 0.29) is 0 Å². The van der Waals surface area contributed by atoms with Gasteiger partial charge in [0.2, 0.25) is 0 Å². The fourth-order valence-electron chi connectivity index (χ4n) is 0.619. The highest BCUT2D eigenvalue weighted by molar-refractivity contribution is 6.29. The highest BCUT2D eigenvalue weighted by Crippen LogP contribution is 2.51. The summed E-state index contributed by atoms with van der Waals surface area (Å²) in [7, 11) is -1.62. The second-order valence-electron chi connectivity index (χ2n) is 2.76. The van der Waals surface area contributed by atoms with Crippen molar-refractivity contribution in [1.82, 2.24) is 0 Å². The molecule has 0 fully saturated rings. The average Bonchev–Trinajstić information content (AvgIpc) is 2.16. The van der Waals surface area contributed by atoms with Crippen molar-refractivity contribution in [1.29, 1.82) is 0 Å². The molecule has 0 saturated heterocycles. The molecule has 0 rings (SSSR count). The normalized spacial score (nSPS) is 15.1. The van der Waals surface area contributed by atoms with Crippen LogP contribution in [-0.4, -0.2) is 47.8 Å². The first kappa shape index (κ1) is 15.4. The quantitative estimate of drug-likeness (QED) is 0.573. The molecule has 0 aliphatic rings. The lowest BCUT2D eigenvalue weighted by molar-refractivity contribution is -0.354. The summed E-state index contributed by atoms with van der Waals surface area (Å²) in [6.45, 7) is -2.75. The van der Waals surface area contributed by atoms with Crippen molar-refractivity contribution in [2.75, 3.05) is 6.61 Å². The second-order valence-corrected chi connectivity index (χ2v) is 2.76. The number of halogens is 8. The predicted octanol–water partition coefficient (Wildman–Crippen LogP) is 1.09. The van der Waals surface area contributed by atoms with Gasteiger partial charge in [-0.3, -0.25) is 0 Å². The van der Waals surface area contributed by atoms with E-state index in [2.05, 4.69) is 0 Å². The third-order valence-electron chi connectivity index (χ3n) is 1.63. The van der Waals surface area contributed by atoms with Crippen LogP contribution in [0.25, 0.3) is 0 Å². The molecule has 0 saturated carbocycles. The standard InChI is InChI=1S/C5H4BF8O2/c7-2(8,1-15)3(9,10)4(11,12)5(13,14)6-16/h15-16H,1H2. The maximum atomic E-state index is 12.4. The number of aliphatic hydroxyl groups excluding tert-OH is 1. The van der Waals surface area contributed by atoms with E-state index in [1.165, 1.54) is 0 Å². The topological polar surface area (TPSA) is 40.5 Å². The summed E-state index contributed by atoms with van der Waals surface area (Å²) in [5.41, 5.74) is 0. The molecule has 0 bridgehead atoms. The van der Waals surface area contributed by atoms with Crippen LogP contribution in [-0.2, 0) is 0 Å². The molecule has 0 atom stereocenters. The smallest absolute Gasteiger partial charge is 0.386 e. The molecule has 0 heterocycles. The maximum Gasteiger partial charge on any atom is 0.386 e. The zero-order chi connectivity index (χ0) is 13.4. The van der Waals surface area contributed by atoms with E-state index in [1.54, 1.807) is 0 Å². The molecular weight excluding hydrogens is 255 g/mol. The molecule has 2 nitrogen and oxygen atoms in total. The van der Waals surface area contributed by atoms with Gasteiger partial charge in [-0.2, -0.15) is 26.3 Å². The highest BCUT2D eigenvalue weighted by atomic mass is 19.4. The summed E-state index contributed by atoms with van der Waals surface area (Å²) in [4.78, 5) is 0. The van der Waals surface area contributed by atoms with Crippen LogP contribution < -0.4 is 0 Å². The number of hydrogen-bond acceptors (Lipinski definition) is 2. The van der Waals surface area contributed by atoms with Crippen LogP contribution in [0.4, 0.5) is 35.1 Å². The minimum Gasteiger partial charge on any atom is -0.449 e. The molecule has 16 heavy (non-hydrogen) atoms. The average molecular weight is 259 g/mol. The van der Waals surface area contributed by atoms with Crippen molar-refractivity contribution in [2.45, 2.75) is 23.6 Å². The first-order valence-corrected chi connectivity index (χ1v) is 3.48. The van der Waals surface area contributed by atoms with E-state index in [4.69, 9.17) is 10.1 Å². The van der Waals surface area contributed by atoms with Crippen LogP contribution in [0.5, 0.6) is 0 Å². The molecule has 0 unspecified atom stereocenters.